The molecule has 2 atom stereocenters. The maximum atomic E-state index is 11.9. The van der Waals surface area contributed by atoms with Gasteiger partial charge in [-0.25, -0.2) is 0 Å². The molecular weight excluding hydrogens is 299 g/mol. The van der Waals surface area contributed by atoms with E-state index in [1.165, 1.54) is 0 Å². The Labute approximate surface area is 129 Å². The van der Waals surface area contributed by atoms with Gasteiger partial charge in [0.2, 0.25) is 5.91 Å². The molecule has 0 radical (unpaired) electrons. The molecule has 0 spiro atoms. The van der Waals surface area contributed by atoms with E-state index in [4.69, 9.17) is 23.2 Å². The Kier molecular flexibility index (Phi) is 6.76. The van der Waals surface area contributed by atoms with E-state index in [1.54, 1.807) is 37.1 Å². The SMILES string of the molecule is CCN(C)C(=O)C(C)NCC(O)c1cc(Cl)ccc1Cl. The maximum Gasteiger partial charge on any atom is 0.239 e. The molecule has 0 aliphatic carbocycles. The van der Waals surface area contributed by atoms with Gasteiger partial charge in [-0.3, -0.25) is 4.79 Å². The van der Waals surface area contributed by atoms with Gasteiger partial charge in [0.15, 0.2) is 0 Å². The standard InChI is InChI=1S/C14H20Cl2N2O2/c1-4-18(3)14(20)9(2)17-8-13(19)11-7-10(15)5-6-12(11)16/h5-7,9,13,17,19H,4,8H2,1-3H3. The summed E-state index contributed by atoms with van der Waals surface area (Å²) in [6.45, 7) is 4.55. The molecule has 1 rings (SSSR count). The second-order valence-electron chi connectivity index (χ2n) is 4.66. The number of nitrogens with one attached hydrogen (secondary N) is 1. The highest BCUT2D eigenvalue weighted by molar-refractivity contribution is 6.33. The fourth-order valence-electron chi connectivity index (χ4n) is 1.74. The predicted molar refractivity (Wildman–Crippen MR) is 82.2 cm³/mol. The Hall–Kier alpha value is -0.810. The maximum absolute atomic E-state index is 11.9. The van der Waals surface area contributed by atoms with Crippen molar-refractivity contribution in [1.29, 1.82) is 0 Å². The van der Waals surface area contributed by atoms with Crippen molar-refractivity contribution in [1.82, 2.24) is 10.2 Å². The van der Waals surface area contributed by atoms with E-state index in [1.807, 2.05) is 6.92 Å². The van der Waals surface area contributed by atoms with E-state index in [0.717, 1.165) is 0 Å². The number of carbonyl (C=O) groups is 1. The van der Waals surface area contributed by atoms with Gasteiger partial charge in [0.25, 0.3) is 0 Å². The van der Waals surface area contributed by atoms with Crippen LogP contribution in [-0.2, 0) is 4.79 Å². The number of aliphatic hydroxyl groups is 1. The van der Waals surface area contributed by atoms with Crippen molar-refractivity contribution in [2.75, 3.05) is 20.1 Å². The average molecular weight is 319 g/mol. The summed E-state index contributed by atoms with van der Waals surface area (Å²) < 4.78 is 0. The van der Waals surface area contributed by atoms with Crippen LogP contribution in [0.25, 0.3) is 0 Å². The molecule has 1 aromatic carbocycles. The predicted octanol–water partition coefficient (Wildman–Crippen LogP) is 2.48. The van der Waals surface area contributed by atoms with Crippen LogP contribution in [0.2, 0.25) is 10.0 Å². The first-order valence-corrected chi connectivity index (χ1v) is 7.23. The molecule has 0 bridgehead atoms. The molecule has 20 heavy (non-hydrogen) atoms. The molecule has 2 N–H and O–H groups in total. The van der Waals surface area contributed by atoms with Crippen LogP contribution in [0.15, 0.2) is 18.2 Å². The molecule has 0 saturated carbocycles. The first-order chi connectivity index (χ1) is 9.36. The molecular formula is C14H20Cl2N2O2. The van der Waals surface area contributed by atoms with Crippen molar-refractivity contribution >= 4 is 29.1 Å². The summed E-state index contributed by atoms with van der Waals surface area (Å²) in [5.74, 6) is -0.0168. The van der Waals surface area contributed by atoms with Crippen molar-refractivity contribution in [3.8, 4) is 0 Å². The van der Waals surface area contributed by atoms with Gasteiger partial charge in [-0.15, -0.1) is 0 Å². The lowest BCUT2D eigenvalue weighted by Crippen LogP contribution is -2.44. The molecule has 1 aromatic rings. The van der Waals surface area contributed by atoms with Crippen LogP contribution in [0.5, 0.6) is 0 Å². The van der Waals surface area contributed by atoms with Crippen LogP contribution >= 0.6 is 23.2 Å². The van der Waals surface area contributed by atoms with Crippen molar-refractivity contribution in [3.63, 3.8) is 0 Å². The number of likely N-dealkylation sites (N-methyl/N-ethyl adjacent to an activating group) is 1. The van der Waals surface area contributed by atoms with Crippen molar-refractivity contribution < 1.29 is 9.90 Å². The van der Waals surface area contributed by atoms with Gasteiger partial charge in [-0.1, -0.05) is 23.2 Å². The molecule has 4 nitrogen and oxygen atoms in total. The fourth-order valence-corrected chi connectivity index (χ4v) is 2.17. The summed E-state index contributed by atoms with van der Waals surface area (Å²) in [7, 11) is 1.74. The van der Waals surface area contributed by atoms with E-state index >= 15 is 0 Å². The first kappa shape index (κ1) is 17.2. The summed E-state index contributed by atoms with van der Waals surface area (Å²) >= 11 is 11.9. The van der Waals surface area contributed by atoms with Crippen LogP contribution in [0.1, 0.15) is 25.5 Å². The number of amides is 1. The second kappa shape index (κ2) is 7.84. The number of aliphatic hydroxyl groups excluding tert-OH is 1. The molecule has 6 heteroatoms. The second-order valence-corrected chi connectivity index (χ2v) is 5.51. The molecule has 0 fully saturated rings. The minimum absolute atomic E-state index is 0.0168. The molecule has 112 valence electrons. The molecule has 0 heterocycles. The number of hydrogen-bond donors (Lipinski definition) is 2. The summed E-state index contributed by atoms with van der Waals surface area (Å²) in [5.41, 5.74) is 0.551. The van der Waals surface area contributed by atoms with E-state index in [-0.39, 0.29) is 18.5 Å². The Bertz CT molecular complexity index is 468. The smallest absolute Gasteiger partial charge is 0.239 e. The number of nitrogens with zero attached hydrogens (tertiary/aromatic N) is 1. The van der Waals surface area contributed by atoms with Crippen molar-refractivity contribution in [3.05, 3.63) is 33.8 Å². The summed E-state index contributed by atoms with van der Waals surface area (Å²) in [6, 6.07) is 4.56. The number of rotatable bonds is 6. The monoisotopic (exact) mass is 318 g/mol. The summed E-state index contributed by atoms with van der Waals surface area (Å²) in [6.07, 6.45) is -0.816. The zero-order chi connectivity index (χ0) is 15.3. The third-order valence-electron chi connectivity index (χ3n) is 3.16. The van der Waals surface area contributed by atoms with E-state index in [9.17, 15) is 9.90 Å². The number of halogens is 2. The normalized spacial score (nSPS) is 13.9. The average Bonchev–Trinajstić information content (AvgIpc) is 2.45. The zero-order valence-electron chi connectivity index (χ0n) is 11.9. The largest absolute Gasteiger partial charge is 0.387 e. The van der Waals surface area contributed by atoms with Crippen LogP contribution in [0, 0.1) is 0 Å². The Balaban J connectivity index is 2.61. The van der Waals surface area contributed by atoms with Crippen molar-refractivity contribution in [2.45, 2.75) is 26.0 Å². The molecule has 0 aliphatic rings. The molecule has 0 saturated heterocycles. The lowest BCUT2D eigenvalue weighted by atomic mass is 10.1. The van der Waals surface area contributed by atoms with Crippen LogP contribution in [0.4, 0.5) is 0 Å². The summed E-state index contributed by atoms with van der Waals surface area (Å²) in [5, 5.41) is 14.1. The number of hydrogen-bond acceptors (Lipinski definition) is 3. The van der Waals surface area contributed by atoms with Gasteiger partial charge in [0.05, 0.1) is 12.1 Å². The van der Waals surface area contributed by atoms with Gasteiger partial charge in [0.1, 0.15) is 0 Å². The quantitative estimate of drug-likeness (QED) is 0.847. The van der Waals surface area contributed by atoms with Gasteiger partial charge in [-0.05, 0) is 32.0 Å². The zero-order valence-corrected chi connectivity index (χ0v) is 13.4. The highest BCUT2D eigenvalue weighted by atomic mass is 35.5. The molecule has 1 amide bonds. The highest BCUT2D eigenvalue weighted by Crippen LogP contribution is 2.26. The lowest BCUT2D eigenvalue weighted by Gasteiger charge is -2.22. The third kappa shape index (κ3) is 4.63. The fraction of sp³-hybridized carbons (Fsp3) is 0.500. The Morgan fingerprint density at radius 2 is 2.10 bits per heavy atom. The highest BCUT2D eigenvalue weighted by Gasteiger charge is 2.18. The number of carbonyl (C=O) groups excluding carboxylic acids is 1. The van der Waals surface area contributed by atoms with Gasteiger partial charge in [-0.2, -0.15) is 0 Å². The molecule has 0 aromatic heterocycles. The Morgan fingerprint density at radius 3 is 2.70 bits per heavy atom. The minimum Gasteiger partial charge on any atom is -0.387 e. The topological polar surface area (TPSA) is 52.6 Å². The number of benzene rings is 1. The third-order valence-corrected chi connectivity index (χ3v) is 3.73. The Morgan fingerprint density at radius 1 is 1.45 bits per heavy atom. The van der Waals surface area contributed by atoms with Gasteiger partial charge in [0, 0.05) is 35.7 Å². The first-order valence-electron chi connectivity index (χ1n) is 6.48. The van der Waals surface area contributed by atoms with Crippen molar-refractivity contribution in [2.24, 2.45) is 0 Å². The van der Waals surface area contributed by atoms with E-state index < -0.39 is 6.10 Å². The van der Waals surface area contributed by atoms with E-state index in [0.29, 0.717) is 22.2 Å². The van der Waals surface area contributed by atoms with Crippen LogP contribution in [-0.4, -0.2) is 42.1 Å². The van der Waals surface area contributed by atoms with Gasteiger partial charge >= 0.3 is 0 Å². The summed E-state index contributed by atoms with van der Waals surface area (Å²) in [4.78, 5) is 13.5. The van der Waals surface area contributed by atoms with Gasteiger partial charge < -0.3 is 15.3 Å². The molecule has 2 unspecified atom stereocenters. The van der Waals surface area contributed by atoms with E-state index in [2.05, 4.69) is 5.32 Å². The van der Waals surface area contributed by atoms with Crippen LogP contribution < -0.4 is 5.32 Å². The molecule has 0 aliphatic heterocycles. The lowest BCUT2D eigenvalue weighted by molar-refractivity contribution is -0.131. The minimum atomic E-state index is -0.816. The van der Waals surface area contributed by atoms with Crippen LogP contribution in [0.3, 0.4) is 0 Å².